The monoisotopic (exact) mass is 312 g/mol. The van der Waals surface area contributed by atoms with E-state index in [-0.39, 0.29) is 5.91 Å². The van der Waals surface area contributed by atoms with Crippen LogP contribution in [0.2, 0.25) is 0 Å². The number of hydrogen-bond donors (Lipinski definition) is 2. The van der Waals surface area contributed by atoms with E-state index in [0.29, 0.717) is 19.0 Å². The number of rotatable bonds is 6. The van der Waals surface area contributed by atoms with Gasteiger partial charge >= 0.3 is 0 Å². The molecule has 0 aliphatic heterocycles. The number of carbonyl (C=O) groups is 1. The van der Waals surface area contributed by atoms with Crippen molar-refractivity contribution in [3.05, 3.63) is 64.2 Å². The first-order chi connectivity index (χ1) is 11.0. The smallest absolute Gasteiger partial charge is 0.252 e. The molecule has 2 aromatic carbocycles. The van der Waals surface area contributed by atoms with Gasteiger partial charge in [-0.15, -0.1) is 0 Å². The summed E-state index contributed by atoms with van der Waals surface area (Å²) in [5, 5.41) is 5.86. The Labute approximate surface area is 137 Å². The van der Waals surface area contributed by atoms with Gasteiger partial charge in [-0.1, -0.05) is 12.1 Å². The normalized spacial score (nSPS) is 10.4. The third kappa shape index (κ3) is 4.83. The van der Waals surface area contributed by atoms with Gasteiger partial charge in [0.1, 0.15) is 12.5 Å². The summed E-state index contributed by atoms with van der Waals surface area (Å²) in [4.78, 5) is 12.0. The maximum atomic E-state index is 12.0. The number of nitrogens with one attached hydrogen (secondary N) is 2. The molecule has 2 aromatic rings. The Morgan fingerprint density at radius 1 is 0.913 bits per heavy atom. The zero-order chi connectivity index (χ0) is 16.8. The van der Waals surface area contributed by atoms with Gasteiger partial charge in [0.05, 0.1) is 6.67 Å². The summed E-state index contributed by atoms with van der Waals surface area (Å²) in [6, 6.07) is 11.7. The van der Waals surface area contributed by atoms with Crippen molar-refractivity contribution in [2.75, 3.05) is 13.4 Å². The second-order valence-electron chi connectivity index (χ2n) is 5.77. The molecule has 0 unspecified atom stereocenters. The molecule has 23 heavy (non-hydrogen) atoms. The highest BCUT2D eigenvalue weighted by Crippen LogP contribution is 2.15. The molecule has 122 valence electrons. The first kappa shape index (κ1) is 17.0. The molecule has 0 saturated heterocycles. The fourth-order valence-electron chi connectivity index (χ4n) is 2.12. The minimum atomic E-state index is -0.0909. The lowest BCUT2D eigenvalue weighted by atomic mass is 10.1. The standard InChI is InChI=1S/C19H24N2O2/c1-13-5-7-17(9-15(13)3)19(22)21-11-20-12-23-18-8-6-14(2)16(4)10-18/h5-10,20H,11-12H2,1-4H3,(H,21,22). The number of aryl methyl sites for hydroxylation is 4. The van der Waals surface area contributed by atoms with Crippen molar-refractivity contribution < 1.29 is 9.53 Å². The summed E-state index contributed by atoms with van der Waals surface area (Å²) < 4.78 is 5.60. The van der Waals surface area contributed by atoms with Crippen molar-refractivity contribution in [3.63, 3.8) is 0 Å². The summed E-state index contributed by atoms with van der Waals surface area (Å²) in [7, 11) is 0. The summed E-state index contributed by atoms with van der Waals surface area (Å²) >= 11 is 0. The molecule has 0 fully saturated rings. The third-order valence-electron chi connectivity index (χ3n) is 3.96. The number of benzene rings is 2. The predicted molar refractivity (Wildman–Crippen MR) is 92.8 cm³/mol. The van der Waals surface area contributed by atoms with Crippen molar-refractivity contribution in [1.29, 1.82) is 0 Å². The summed E-state index contributed by atoms with van der Waals surface area (Å²) in [6.07, 6.45) is 0. The summed E-state index contributed by atoms with van der Waals surface area (Å²) in [5.41, 5.74) is 5.41. The molecule has 2 N–H and O–H groups in total. The molecule has 0 aromatic heterocycles. The molecule has 1 amide bonds. The van der Waals surface area contributed by atoms with Crippen molar-refractivity contribution in [3.8, 4) is 5.75 Å². The quantitative estimate of drug-likeness (QED) is 0.636. The van der Waals surface area contributed by atoms with Gasteiger partial charge in [-0.2, -0.15) is 0 Å². The molecule has 0 spiro atoms. The first-order valence-electron chi connectivity index (χ1n) is 7.73. The Balaban J connectivity index is 1.73. The van der Waals surface area contributed by atoms with E-state index in [1.807, 2.05) is 50.2 Å². The largest absolute Gasteiger partial charge is 0.478 e. The van der Waals surface area contributed by atoms with Gasteiger partial charge in [0, 0.05) is 5.56 Å². The number of amides is 1. The van der Waals surface area contributed by atoms with E-state index in [1.54, 1.807) is 0 Å². The molecule has 4 nitrogen and oxygen atoms in total. The van der Waals surface area contributed by atoms with Gasteiger partial charge in [0.2, 0.25) is 0 Å². The molecule has 0 aliphatic rings. The fraction of sp³-hybridized carbons (Fsp3) is 0.316. The van der Waals surface area contributed by atoms with Crippen molar-refractivity contribution in [1.82, 2.24) is 10.6 Å². The van der Waals surface area contributed by atoms with E-state index in [0.717, 1.165) is 11.3 Å². The van der Waals surface area contributed by atoms with Crippen LogP contribution in [-0.4, -0.2) is 19.3 Å². The molecule has 0 heterocycles. The van der Waals surface area contributed by atoms with E-state index in [4.69, 9.17) is 4.74 Å². The lowest BCUT2D eigenvalue weighted by molar-refractivity contribution is 0.0947. The van der Waals surface area contributed by atoms with E-state index in [9.17, 15) is 4.79 Å². The molecular weight excluding hydrogens is 288 g/mol. The van der Waals surface area contributed by atoms with Crippen LogP contribution in [0.5, 0.6) is 5.75 Å². The van der Waals surface area contributed by atoms with Crippen LogP contribution in [0, 0.1) is 27.7 Å². The van der Waals surface area contributed by atoms with Crippen LogP contribution < -0.4 is 15.4 Å². The Hall–Kier alpha value is -2.33. The van der Waals surface area contributed by atoms with Crippen molar-refractivity contribution >= 4 is 5.91 Å². The molecule has 4 heteroatoms. The minimum Gasteiger partial charge on any atom is -0.478 e. The molecule has 0 aliphatic carbocycles. The van der Waals surface area contributed by atoms with E-state index in [2.05, 4.69) is 24.5 Å². The second-order valence-corrected chi connectivity index (χ2v) is 5.77. The van der Waals surface area contributed by atoms with Crippen molar-refractivity contribution in [2.45, 2.75) is 27.7 Å². The van der Waals surface area contributed by atoms with Crippen LogP contribution >= 0.6 is 0 Å². The topological polar surface area (TPSA) is 50.4 Å². The van der Waals surface area contributed by atoms with Gasteiger partial charge in [0.25, 0.3) is 5.91 Å². The molecule has 0 atom stereocenters. The lowest BCUT2D eigenvalue weighted by Crippen LogP contribution is -2.35. The first-order valence-corrected chi connectivity index (χ1v) is 7.73. The predicted octanol–water partition coefficient (Wildman–Crippen LogP) is 3.23. The Bertz CT molecular complexity index is 696. The zero-order valence-electron chi connectivity index (χ0n) is 14.2. The van der Waals surface area contributed by atoms with Crippen molar-refractivity contribution in [2.24, 2.45) is 0 Å². The van der Waals surface area contributed by atoms with Crippen LogP contribution in [0.4, 0.5) is 0 Å². The number of hydrogen-bond acceptors (Lipinski definition) is 3. The number of ether oxygens (including phenoxy) is 1. The van der Waals surface area contributed by atoms with E-state index >= 15 is 0 Å². The molecule has 0 saturated carbocycles. The lowest BCUT2D eigenvalue weighted by Gasteiger charge is -2.11. The molecule has 2 rings (SSSR count). The summed E-state index contributed by atoms with van der Waals surface area (Å²) in [6.45, 7) is 8.86. The van der Waals surface area contributed by atoms with Gasteiger partial charge in [-0.3, -0.25) is 10.1 Å². The van der Waals surface area contributed by atoms with Gasteiger partial charge in [-0.05, 0) is 74.2 Å². The highest BCUT2D eigenvalue weighted by atomic mass is 16.5. The van der Waals surface area contributed by atoms with Crippen LogP contribution in [0.3, 0.4) is 0 Å². The molecular formula is C19H24N2O2. The second kappa shape index (κ2) is 7.79. The van der Waals surface area contributed by atoms with Gasteiger partial charge < -0.3 is 10.1 Å². The van der Waals surface area contributed by atoms with Crippen LogP contribution in [-0.2, 0) is 0 Å². The van der Waals surface area contributed by atoms with Gasteiger partial charge in [0.15, 0.2) is 0 Å². The Kier molecular flexibility index (Phi) is 5.77. The van der Waals surface area contributed by atoms with Crippen LogP contribution in [0.1, 0.15) is 32.6 Å². The highest BCUT2D eigenvalue weighted by Gasteiger charge is 2.05. The van der Waals surface area contributed by atoms with E-state index < -0.39 is 0 Å². The minimum absolute atomic E-state index is 0.0909. The number of carbonyl (C=O) groups excluding carboxylic acids is 1. The molecule has 0 radical (unpaired) electrons. The van der Waals surface area contributed by atoms with Crippen LogP contribution in [0.25, 0.3) is 0 Å². The zero-order valence-corrected chi connectivity index (χ0v) is 14.2. The Morgan fingerprint density at radius 2 is 1.57 bits per heavy atom. The third-order valence-corrected chi connectivity index (χ3v) is 3.96. The highest BCUT2D eigenvalue weighted by molar-refractivity contribution is 5.94. The maximum absolute atomic E-state index is 12.0. The SMILES string of the molecule is Cc1ccc(OCNCNC(=O)c2ccc(C)c(C)c2)cc1C. The fourth-order valence-corrected chi connectivity index (χ4v) is 2.12. The molecule has 0 bridgehead atoms. The van der Waals surface area contributed by atoms with Gasteiger partial charge in [-0.25, -0.2) is 0 Å². The van der Waals surface area contributed by atoms with E-state index in [1.165, 1.54) is 16.7 Å². The Morgan fingerprint density at radius 3 is 2.22 bits per heavy atom. The summed E-state index contributed by atoms with van der Waals surface area (Å²) in [5.74, 6) is 0.730. The average Bonchev–Trinajstić information content (AvgIpc) is 2.53. The average molecular weight is 312 g/mol. The van der Waals surface area contributed by atoms with Crippen LogP contribution in [0.15, 0.2) is 36.4 Å². The maximum Gasteiger partial charge on any atom is 0.252 e.